The van der Waals surface area contributed by atoms with Crippen molar-refractivity contribution in [3.05, 3.63) is 35.9 Å². The normalized spacial score (nSPS) is 26.0. The zero-order valence-electron chi connectivity index (χ0n) is 10.5. The van der Waals surface area contributed by atoms with Gasteiger partial charge in [0.15, 0.2) is 0 Å². The Morgan fingerprint density at radius 1 is 1.35 bits per heavy atom. The van der Waals surface area contributed by atoms with Crippen molar-refractivity contribution in [1.29, 1.82) is 0 Å². The highest BCUT2D eigenvalue weighted by Crippen LogP contribution is 2.09. The molecular weight excluding hydrogens is 212 g/mol. The van der Waals surface area contributed by atoms with E-state index in [4.69, 9.17) is 0 Å². The van der Waals surface area contributed by atoms with E-state index in [-0.39, 0.29) is 12.6 Å². The quantitative estimate of drug-likeness (QED) is 0.812. The Bertz CT molecular complexity index is 328. The molecule has 1 heterocycles. The summed E-state index contributed by atoms with van der Waals surface area (Å²) in [7, 11) is 0. The van der Waals surface area contributed by atoms with Crippen LogP contribution in [0.15, 0.2) is 30.3 Å². The Kier molecular flexibility index (Phi) is 4.54. The number of piperazine rings is 1. The van der Waals surface area contributed by atoms with E-state index in [9.17, 15) is 5.11 Å². The monoisotopic (exact) mass is 234 g/mol. The van der Waals surface area contributed by atoms with Gasteiger partial charge in [0.25, 0.3) is 0 Å². The average molecular weight is 234 g/mol. The molecule has 0 radical (unpaired) electrons. The van der Waals surface area contributed by atoms with E-state index < -0.39 is 0 Å². The number of aliphatic hydroxyl groups excluding tert-OH is 1. The van der Waals surface area contributed by atoms with Gasteiger partial charge in [-0.2, -0.15) is 0 Å². The van der Waals surface area contributed by atoms with Crippen LogP contribution in [0.3, 0.4) is 0 Å². The van der Waals surface area contributed by atoms with E-state index in [1.807, 2.05) is 6.07 Å². The lowest BCUT2D eigenvalue weighted by Gasteiger charge is -2.38. The van der Waals surface area contributed by atoms with E-state index in [0.29, 0.717) is 6.04 Å². The molecule has 17 heavy (non-hydrogen) atoms. The molecule has 1 aliphatic heterocycles. The maximum Gasteiger partial charge on any atom is 0.0599 e. The number of nitrogens with one attached hydrogen (secondary N) is 1. The molecule has 2 N–H and O–H groups in total. The zero-order valence-corrected chi connectivity index (χ0v) is 10.5. The Morgan fingerprint density at radius 2 is 2.12 bits per heavy atom. The SMILES string of the molecule is CC1CN(CCc2ccccc2)C(CO)CN1. The number of aliphatic hydroxyl groups is 1. The van der Waals surface area contributed by atoms with Crippen molar-refractivity contribution in [1.82, 2.24) is 10.2 Å². The van der Waals surface area contributed by atoms with Crippen LogP contribution in [-0.4, -0.2) is 48.3 Å². The second kappa shape index (κ2) is 6.15. The van der Waals surface area contributed by atoms with Gasteiger partial charge < -0.3 is 10.4 Å². The molecule has 0 bridgehead atoms. The summed E-state index contributed by atoms with van der Waals surface area (Å²) >= 11 is 0. The summed E-state index contributed by atoms with van der Waals surface area (Å²) < 4.78 is 0. The zero-order chi connectivity index (χ0) is 12.1. The Labute approximate surface area is 103 Å². The molecule has 0 aromatic heterocycles. The summed E-state index contributed by atoms with van der Waals surface area (Å²) in [5.41, 5.74) is 1.37. The standard InChI is InChI=1S/C14H22N2O/c1-12-10-16(14(11-17)9-15-12)8-7-13-5-3-2-4-6-13/h2-6,12,14-15,17H,7-11H2,1H3. The predicted octanol–water partition coefficient (Wildman–Crippen LogP) is 0.884. The first kappa shape index (κ1) is 12.6. The van der Waals surface area contributed by atoms with Crippen molar-refractivity contribution in [3.63, 3.8) is 0 Å². The molecule has 2 atom stereocenters. The van der Waals surface area contributed by atoms with Gasteiger partial charge in [0.2, 0.25) is 0 Å². The number of benzene rings is 1. The Balaban J connectivity index is 1.88. The first-order valence-electron chi connectivity index (χ1n) is 6.42. The van der Waals surface area contributed by atoms with Crippen molar-refractivity contribution < 1.29 is 5.11 Å². The smallest absolute Gasteiger partial charge is 0.0599 e. The number of rotatable bonds is 4. The second-order valence-electron chi connectivity index (χ2n) is 4.88. The number of hydrogen-bond donors (Lipinski definition) is 2. The Hall–Kier alpha value is -0.900. The van der Waals surface area contributed by atoms with Gasteiger partial charge in [0.1, 0.15) is 0 Å². The third kappa shape index (κ3) is 3.53. The van der Waals surface area contributed by atoms with Crippen molar-refractivity contribution in [2.24, 2.45) is 0 Å². The third-order valence-corrected chi connectivity index (χ3v) is 3.47. The van der Waals surface area contributed by atoms with Gasteiger partial charge in [-0.05, 0) is 18.9 Å². The fourth-order valence-corrected chi connectivity index (χ4v) is 2.40. The highest BCUT2D eigenvalue weighted by Gasteiger charge is 2.24. The summed E-state index contributed by atoms with van der Waals surface area (Å²) in [6.07, 6.45) is 1.06. The van der Waals surface area contributed by atoms with Crippen molar-refractivity contribution >= 4 is 0 Å². The summed E-state index contributed by atoms with van der Waals surface area (Å²) in [6.45, 7) is 5.39. The first-order valence-corrected chi connectivity index (χ1v) is 6.42. The Morgan fingerprint density at radius 3 is 2.82 bits per heavy atom. The lowest BCUT2D eigenvalue weighted by molar-refractivity contribution is 0.0852. The fourth-order valence-electron chi connectivity index (χ4n) is 2.40. The molecule has 94 valence electrons. The van der Waals surface area contributed by atoms with Crippen molar-refractivity contribution in [2.75, 3.05) is 26.2 Å². The van der Waals surface area contributed by atoms with E-state index in [2.05, 4.69) is 41.4 Å². The topological polar surface area (TPSA) is 35.5 Å². The van der Waals surface area contributed by atoms with Gasteiger partial charge in [-0.1, -0.05) is 30.3 Å². The highest BCUT2D eigenvalue weighted by atomic mass is 16.3. The molecule has 1 aromatic rings. The second-order valence-corrected chi connectivity index (χ2v) is 4.88. The van der Waals surface area contributed by atoms with Crippen LogP contribution in [0.1, 0.15) is 12.5 Å². The first-order chi connectivity index (χ1) is 8.29. The molecule has 3 heteroatoms. The lowest BCUT2D eigenvalue weighted by Crippen LogP contribution is -2.57. The van der Waals surface area contributed by atoms with Crippen LogP contribution < -0.4 is 5.32 Å². The van der Waals surface area contributed by atoms with Crippen LogP contribution in [0.2, 0.25) is 0 Å². The molecule has 1 aliphatic rings. The molecule has 0 saturated carbocycles. The van der Waals surface area contributed by atoms with Crippen LogP contribution in [0.5, 0.6) is 0 Å². The molecule has 0 spiro atoms. The summed E-state index contributed by atoms with van der Waals surface area (Å²) in [5, 5.41) is 12.8. The van der Waals surface area contributed by atoms with Crippen LogP contribution >= 0.6 is 0 Å². The molecule has 1 aromatic carbocycles. The molecule has 0 aliphatic carbocycles. The third-order valence-electron chi connectivity index (χ3n) is 3.47. The van der Waals surface area contributed by atoms with Gasteiger partial charge in [-0.3, -0.25) is 4.90 Å². The molecular formula is C14H22N2O. The molecule has 1 saturated heterocycles. The predicted molar refractivity (Wildman–Crippen MR) is 70.1 cm³/mol. The summed E-state index contributed by atoms with van der Waals surface area (Å²) in [6, 6.07) is 11.3. The van der Waals surface area contributed by atoms with E-state index in [1.54, 1.807) is 0 Å². The molecule has 3 nitrogen and oxygen atoms in total. The minimum absolute atomic E-state index is 0.245. The number of hydrogen-bond acceptors (Lipinski definition) is 3. The molecule has 2 rings (SSSR count). The molecule has 2 unspecified atom stereocenters. The maximum atomic E-state index is 9.36. The van der Waals surface area contributed by atoms with E-state index in [1.165, 1.54) is 5.56 Å². The van der Waals surface area contributed by atoms with Gasteiger partial charge in [0, 0.05) is 31.7 Å². The van der Waals surface area contributed by atoms with Crippen molar-refractivity contribution in [2.45, 2.75) is 25.4 Å². The lowest BCUT2D eigenvalue weighted by atomic mass is 10.1. The van der Waals surface area contributed by atoms with E-state index >= 15 is 0 Å². The number of nitrogens with zero attached hydrogens (tertiary/aromatic N) is 1. The fraction of sp³-hybridized carbons (Fsp3) is 0.571. The highest BCUT2D eigenvalue weighted by molar-refractivity contribution is 5.15. The molecule has 0 amide bonds. The van der Waals surface area contributed by atoms with Gasteiger partial charge in [-0.15, -0.1) is 0 Å². The van der Waals surface area contributed by atoms with Gasteiger partial charge in [-0.25, -0.2) is 0 Å². The summed E-state index contributed by atoms with van der Waals surface area (Å²) in [5.74, 6) is 0. The largest absolute Gasteiger partial charge is 0.395 e. The minimum Gasteiger partial charge on any atom is -0.395 e. The van der Waals surface area contributed by atoms with Crippen LogP contribution in [-0.2, 0) is 6.42 Å². The summed E-state index contributed by atoms with van der Waals surface area (Å²) in [4.78, 5) is 2.40. The van der Waals surface area contributed by atoms with Crippen LogP contribution in [0.25, 0.3) is 0 Å². The van der Waals surface area contributed by atoms with Crippen molar-refractivity contribution in [3.8, 4) is 0 Å². The maximum absolute atomic E-state index is 9.36. The van der Waals surface area contributed by atoms with Gasteiger partial charge in [0.05, 0.1) is 6.61 Å². The van der Waals surface area contributed by atoms with E-state index in [0.717, 1.165) is 26.1 Å². The average Bonchev–Trinajstić information content (AvgIpc) is 2.38. The van der Waals surface area contributed by atoms with Crippen LogP contribution in [0.4, 0.5) is 0 Å². The van der Waals surface area contributed by atoms with Gasteiger partial charge >= 0.3 is 0 Å². The molecule has 1 fully saturated rings. The van der Waals surface area contributed by atoms with Crippen LogP contribution in [0, 0.1) is 0 Å². The minimum atomic E-state index is 0.245.